The number of carbonyl (C=O) groups excluding carboxylic acids is 1. The molecule has 4 rings (SSSR count). The molecule has 0 amide bonds. The van der Waals surface area contributed by atoms with Crippen molar-refractivity contribution in [3.8, 4) is 0 Å². The van der Waals surface area contributed by atoms with E-state index in [-0.39, 0.29) is 6.03 Å². The highest BCUT2D eigenvalue weighted by molar-refractivity contribution is 6.13. The largest absolute Gasteiger partial charge is 0.338 e. The number of hydrogen-bond acceptors (Lipinski definition) is 2. The Morgan fingerprint density at radius 3 is 2.05 bits per heavy atom. The summed E-state index contributed by atoms with van der Waals surface area (Å²) in [4.78, 5) is 16.6. The minimum Gasteiger partial charge on any atom is -0.261 e. The summed E-state index contributed by atoms with van der Waals surface area (Å²) >= 11 is 0. The Morgan fingerprint density at radius 2 is 1.50 bits per heavy atom. The van der Waals surface area contributed by atoms with Crippen molar-refractivity contribution >= 4 is 27.8 Å². The molecular weight excluding hydrogens is 250 g/mol. The van der Waals surface area contributed by atoms with Gasteiger partial charge < -0.3 is 0 Å². The maximum absolute atomic E-state index is 12.7. The van der Waals surface area contributed by atoms with E-state index in [4.69, 9.17) is 0 Å². The highest BCUT2D eigenvalue weighted by Gasteiger charge is 2.16. The maximum atomic E-state index is 12.7. The van der Waals surface area contributed by atoms with Gasteiger partial charge in [-0.25, -0.2) is 9.78 Å². The molecule has 4 nitrogen and oxygen atoms in total. The van der Waals surface area contributed by atoms with Crippen LogP contribution in [0.4, 0.5) is 4.79 Å². The van der Waals surface area contributed by atoms with E-state index >= 15 is 0 Å². The molecule has 0 bridgehead atoms. The Balaban J connectivity index is 2.13. The third kappa shape index (κ3) is 1.42. The van der Waals surface area contributed by atoms with Gasteiger partial charge in [0.05, 0.1) is 11.0 Å². The lowest BCUT2D eigenvalue weighted by atomic mass is 10.2. The van der Waals surface area contributed by atoms with E-state index in [2.05, 4.69) is 4.98 Å². The molecule has 0 aliphatic carbocycles. The molecule has 0 saturated carbocycles. The Bertz CT molecular complexity index is 866. The second-order valence-electron chi connectivity index (χ2n) is 4.62. The molecule has 0 spiro atoms. The lowest BCUT2D eigenvalue weighted by Crippen LogP contribution is -2.17. The molecule has 20 heavy (non-hydrogen) atoms. The molecule has 2 heterocycles. The van der Waals surface area contributed by atoms with Crippen LogP contribution in [-0.2, 0) is 0 Å². The second kappa shape index (κ2) is 4.06. The summed E-state index contributed by atoms with van der Waals surface area (Å²) in [6.45, 7) is 0. The number of rotatable bonds is 0. The highest BCUT2D eigenvalue weighted by atomic mass is 16.2. The molecule has 0 saturated heterocycles. The number of fused-ring (bicyclic) bond motifs is 3. The number of hydrogen-bond donors (Lipinski definition) is 0. The molecule has 2 aromatic heterocycles. The molecule has 4 aromatic rings. The molecule has 0 fully saturated rings. The van der Waals surface area contributed by atoms with Crippen molar-refractivity contribution < 1.29 is 4.79 Å². The van der Waals surface area contributed by atoms with Gasteiger partial charge in [0.2, 0.25) is 0 Å². The Kier molecular flexibility index (Phi) is 2.23. The maximum Gasteiger partial charge on any atom is 0.338 e. The molecule has 2 aromatic carbocycles. The summed E-state index contributed by atoms with van der Waals surface area (Å²) in [5, 5.41) is 2.16. The number of nitrogens with zero attached hydrogens (tertiary/aromatic N) is 3. The topological polar surface area (TPSA) is 39.8 Å². The van der Waals surface area contributed by atoms with Gasteiger partial charge in [-0.05, 0) is 12.1 Å². The zero-order valence-corrected chi connectivity index (χ0v) is 10.6. The summed E-state index contributed by atoms with van der Waals surface area (Å²) in [7, 11) is 0. The van der Waals surface area contributed by atoms with Gasteiger partial charge in [-0.1, -0.05) is 36.4 Å². The summed E-state index contributed by atoms with van der Waals surface area (Å²) in [6, 6.07) is 15.7. The van der Waals surface area contributed by atoms with Crippen LogP contribution >= 0.6 is 0 Å². The fraction of sp³-hybridized carbons (Fsp3) is 0. The van der Waals surface area contributed by atoms with Crippen molar-refractivity contribution in [1.29, 1.82) is 0 Å². The van der Waals surface area contributed by atoms with Gasteiger partial charge in [-0.2, -0.15) is 0 Å². The first-order valence-electron chi connectivity index (χ1n) is 6.37. The molecule has 0 aliphatic rings. The van der Waals surface area contributed by atoms with E-state index in [1.165, 1.54) is 10.9 Å². The first-order chi connectivity index (χ1) is 9.86. The number of benzene rings is 2. The normalized spacial score (nSPS) is 11.2. The number of imidazole rings is 1. The first kappa shape index (κ1) is 11.0. The van der Waals surface area contributed by atoms with Gasteiger partial charge in [-0.15, -0.1) is 0 Å². The molecule has 0 N–H and O–H groups in total. The molecule has 4 heteroatoms. The van der Waals surface area contributed by atoms with Crippen molar-refractivity contribution in [2.75, 3.05) is 0 Å². The predicted molar refractivity (Wildman–Crippen MR) is 77.9 cm³/mol. The summed E-state index contributed by atoms with van der Waals surface area (Å²) in [5.41, 5.74) is 1.82. The van der Waals surface area contributed by atoms with Crippen LogP contribution in [0.1, 0.15) is 0 Å². The van der Waals surface area contributed by atoms with Gasteiger partial charge in [0, 0.05) is 23.2 Å². The van der Waals surface area contributed by atoms with Crippen LogP contribution in [0.5, 0.6) is 0 Å². The lowest BCUT2D eigenvalue weighted by molar-refractivity contribution is 0.245. The summed E-state index contributed by atoms with van der Waals surface area (Å²) in [5.74, 6) is 0. The number of aromatic nitrogens is 3. The van der Waals surface area contributed by atoms with Crippen molar-refractivity contribution in [2.24, 2.45) is 0 Å². The van der Waals surface area contributed by atoms with Crippen molar-refractivity contribution in [1.82, 2.24) is 14.1 Å². The van der Waals surface area contributed by atoms with Gasteiger partial charge >= 0.3 is 6.03 Å². The minimum atomic E-state index is -0.125. The van der Waals surface area contributed by atoms with Gasteiger partial charge in [0.15, 0.2) is 0 Å². The molecular formula is C16H11N3O. The molecule has 0 unspecified atom stereocenters. The third-order valence-corrected chi connectivity index (χ3v) is 3.50. The highest BCUT2D eigenvalue weighted by Crippen LogP contribution is 2.28. The Hall–Kier alpha value is -2.88. The van der Waals surface area contributed by atoms with Crippen molar-refractivity contribution in [3.63, 3.8) is 0 Å². The van der Waals surface area contributed by atoms with E-state index < -0.39 is 0 Å². The summed E-state index contributed by atoms with van der Waals surface area (Å²) in [6.07, 6.45) is 4.78. The van der Waals surface area contributed by atoms with E-state index in [1.807, 2.05) is 48.5 Å². The third-order valence-electron chi connectivity index (χ3n) is 3.50. The van der Waals surface area contributed by atoms with Crippen LogP contribution in [0.2, 0.25) is 0 Å². The van der Waals surface area contributed by atoms with E-state index in [0.29, 0.717) is 0 Å². The van der Waals surface area contributed by atoms with Crippen LogP contribution in [0.15, 0.2) is 67.3 Å². The SMILES string of the molecule is O=C(n1ccnc1)n1c2ccccc2c2ccccc21. The quantitative estimate of drug-likeness (QED) is 0.486. The van der Waals surface area contributed by atoms with Gasteiger partial charge in [0.1, 0.15) is 6.33 Å². The van der Waals surface area contributed by atoms with E-state index in [0.717, 1.165) is 21.8 Å². The smallest absolute Gasteiger partial charge is 0.261 e. The second-order valence-corrected chi connectivity index (χ2v) is 4.62. The number of carbonyl (C=O) groups is 1. The molecule has 96 valence electrons. The van der Waals surface area contributed by atoms with Crippen molar-refractivity contribution in [2.45, 2.75) is 0 Å². The predicted octanol–water partition coefficient (Wildman–Crippen LogP) is 3.51. The Morgan fingerprint density at radius 1 is 0.900 bits per heavy atom. The van der Waals surface area contributed by atoms with E-state index in [9.17, 15) is 4.79 Å². The number of para-hydroxylation sites is 2. The minimum absolute atomic E-state index is 0.125. The average molecular weight is 261 g/mol. The fourth-order valence-electron chi connectivity index (χ4n) is 2.62. The van der Waals surface area contributed by atoms with Gasteiger partial charge in [0.25, 0.3) is 0 Å². The standard InChI is InChI=1S/C16H11N3O/c20-16(18-10-9-17-11-18)19-14-7-3-1-5-12(14)13-6-2-4-8-15(13)19/h1-11H. The van der Waals surface area contributed by atoms with E-state index in [1.54, 1.807) is 17.0 Å². The zero-order valence-electron chi connectivity index (χ0n) is 10.6. The van der Waals surface area contributed by atoms with Crippen LogP contribution in [0, 0.1) is 0 Å². The molecule has 0 aliphatic heterocycles. The molecule has 0 atom stereocenters. The summed E-state index contributed by atoms with van der Waals surface area (Å²) < 4.78 is 3.21. The van der Waals surface area contributed by atoms with Crippen LogP contribution < -0.4 is 0 Å². The first-order valence-corrected chi connectivity index (χ1v) is 6.37. The van der Waals surface area contributed by atoms with Gasteiger partial charge in [-0.3, -0.25) is 9.13 Å². The van der Waals surface area contributed by atoms with Crippen LogP contribution in [0.3, 0.4) is 0 Å². The lowest BCUT2D eigenvalue weighted by Gasteiger charge is -2.05. The Labute approximate surface area is 114 Å². The monoisotopic (exact) mass is 261 g/mol. The fourth-order valence-corrected chi connectivity index (χ4v) is 2.62. The zero-order chi connectivity index (χ0) is 13.5. The van der Waals surface area contributed by atoms with Crippen LogP contribution in [0.25, 0.3) is 21.8 Å². The van der Waals surface area contributed by atoms with Crippen molar-refractivity contribution in [3.05, 3.63) is 67.3 Å². The molecule has 0 radical (unpaired) electrons. The average Bonchev–Trinajstić information content (AvgIpc) is 3.13. The van der Waals surface area contributed by atoms with Crippen LogP contribution in [-0.4, -0.2) is 20.1 Å².